The maximum Gasteiger partial charge on any atom is 0.228 e. The molecule has 0 radical (unpaired) electrons. The molecule has 7 heteroatoms. The fourth-order valence-electron chi connectivity index (χ4n) is 1.40. The molecule has 86 valence electrons. The number of methoxy groups -OCH3 is 1. The summed E-state index contributed by atoms with van der Waals surface area (Å²) in [7, 11) is -2.03. The molecule has 0 amide bonds. The van der Waals surface area contributed by atoms with E-state index in [1.165, 1.54) is 14.0 Å². The smallest absolute Gasteiger partial charge is 0.228 e. The van der Waals surface area contributed by atoms with Gasteiger partial charge in [-0.3, -0.25) is 0 Å². The van der Waals surface area contributed by atoms with Crippen molar-refractivity contribution in [3.05, 3.63) is 0 Å². The van der Waals surface area contributed by atoms with Crippen molar-refractivity contribution in [1.82, 2.24) is 10.0 Å². The average molecular weight is 233 g/mol. The SMILES string of the molecule is CO[C@H]1CNCC1NS(=O)(=O)C(C)C#N. The molecule has 3 atom stereocenters. The summed E-state index contributed by atoms with van der Waals surface area (Å²) in [5.41, 5.74) is 0. The zero-order valence-electron chi connectivity index (χ0n) is 8.73. The summed E-state index contributed by atoms with van der Waals surface area (Å²) in [4.78, 5) is 0. The summed E-state index contributed by atoms with van der Waals surface area (Å²) in [6.07, 6.45) is -0.175. The summed E-state index contributed by atoms with van der Waals surface area (Å²) < 4.78 is 30.7. The average Bonchev–Trinajstić information content (AvgIpc) is 2.63. The first kappa shape index (κ1) is 12.4. The topological polar surface area (TPSA) is 91.2 Å². The fourth-order valence-corrected chi connectivity index (χ4v) is 2.40. The predicted molar refractivity (Wildman–Crippen MR) is 54.6 cm³/mol. The number of hydrogen-bond donors (Lipinski definition) is 2. The van der Waals surface area contributed by atoms with Gasteiger partial charge in [-0.2, -0.15) is 5.26 Å². The van der Waals surface area contributed by atoms with Gasteiger partial charge in [0, 0.05) is 20.2 Å². The monoisotopic (exact) mass is 233 g/mol. The van der Waals surface area contributed by atoms with Crippen LogP contribution in [0.15, 0.2) is 0 Å². The Balaban J connectivity index is 2.66. The van der Waals surface area contributed by atoms with Crippen LogP contribution in [0.3, 0.4) is 0 Å². The van der Waals surface area contributed by atoms with E-state index < -0.39 is 15.3 Å². The first-order valence-electron chi connectivity index (χ1n) is 4.65. The number of rotatable bonds is 4. The highest BCUT2D eigenvalue weighted by Crippen LogP contribution is 2.07. The van der Waals surface area contributed by atoms with E-state index in [0.29, 0.717) is 13.1 Å². The van der Waals surface area contributed by atoms with Crippen LogP contribution in [0.5, 0.6) is 0 Å². The van der Waals surface area contributed by atoms with Crippen molar-refractivity contribution in [3.63, 3.8) is 0 Å². The summed E-state index contributed by atoms with van der Waals surface area (Å²) in [6.45, 7) is 2.49. The molecule has 1 saturated heterocycles. The lowest BCUT2D eigenvalue weighted by Crippen LogP contribution is -2.46. The van der Waals surface area contributed by atoms with Crippen molar-refractivity contribution in [3.8, 4) is 6.07 Å². The standard InChI is InChI=1S/C8H15N3O3S/c1-6(3-9)15(12,13)11-7-4-10-5-8(7)14-2/h6-8,10-11H,4-5H2,1-2H3/t6?,7?,8-/m0/s1. The van der Waals surface area contributed by atoms with Crippen molar-refractivity contribution < 1.29 is 13.2 Å². The van der Waals surface area contributed by atoms with Gasteiger partial charge < -0.3 is 10.1 Å². The van der Waals surface area contributed by atoms with Crippen molar-refractivity contribution in [2.24, 2.45) is 0 Å². The van der Waals surface area contributed by atoms with Crippen LogP contribution in [0.4, 0.5) is 0 Å². The Bertz CT molecular complexity index is 349. The Morgan fingerprint density at radius 1 is 1.60 bits per heavy atom. The van der Waals surface area contributed by atoms with Crippen LogP contribution in [0.2, 0.25) is 0 Å². The van der Waals surface area contributed by atoms with E-state index in [2.05, 4.69) is 10.0 Å². The van der Waals surface area contributed by atoms with Gasteiger partial charge in [-0.25, -0.2) is 13.1 Å². The third-order valence-corrected chi connectivity index (χ3v) is 4.09. The minimum atomic E-state index is -3.57. The second kappa shape index (κ2) is 4.90. The number of nitrogens with one attached hydrogen (secondary N) is 2. The fraction of sp³-hybridized carbons (Fsp3) is 0.875. The maximum atomic E-state index is 11.6. The predicted octanol–water partition coefficient (Wildman–Crippen LogP) is -1.20. The van der Waals surface area contributed by atoms with E-state index in [1.54, 1.807) is 6.07 Å². The van der Waals surface area contributed by atoms with E-state index in [0.717, 1.165) is 0 Å². The quantitative estimate of drug-likeness (QED) is 0.637. The first-order valence-corrected chi connectivity index (χ1v) is 6.20. The molecule has 0 aromatic rings. The minimum Gasteiger partial charge on any atom is -0.378 e. The largest absolute Gasteiger partial charge is 0.378 e. The van der Waals surface area contributed by atoms with Gasteiger partial charge in [0.25, 0.3) is 0 Å². The third-order valence-electron chi connectivity index (χ3n) is 2.42. The van der Waals surface area contributed by atoms with Crippen molar-refractivity contribution in [1.29, 1.82) is 5.26 Å². The lowest BCUT2D eigenvalue weighted by atomic mass is 10.2. The molecule has 1 aliphatic heterocycles. The van der Waals surface area contributed by atoms with Gasteiger partial charge in [-0.15, -0.1) is 0 Å². The molecule has 0 aliphatic carbocycles. The second-order valence-electron chi connectivity index (χ2n) is 3.47. The van der Waals surface area contributed by atoms with E-state index >= 15 is 0 Å². The van der Waals surface area contributed by atoms with Crippen LogP contribution in [0, 0.1) is 11.3 Å². The molecule has 0 saturated carbocycles. The highest BCUT2D eigenvalue weighted by Gasteiger charge is 2.32. The summed E-state index contributed by atoms with van der Waals surface area (Å²) in [5.74, 6) is 0. The summed E-state index contributed by atoms with van der Waals surface area (Å²) in [5, 5.41) is 10.5. The van der Waals surface area contributed by atoms with Crippen LogP contribution in [-0.2, 0) is 14.8 Å². The van der Waals surface area contributed by atoms with Gasteiger partial charge in [0.2, 0.25) is 10.0 Å². The van der Waals surface area contributed by atoms with Crippen LogP contribution in [-0.4, -0.2) is 46.0 Å². The molecule has 1 rings (SSSR count). The number of ether oxygens (including phenoxy) is 1. The van der Waals surface area contributed by atoms with Crippen LogP contribution < -0.4 is 10.0 Å². The van der Waals surface area contributed by atoms with E-state index in [-0.39, 0.29) is 12.1 Å². The van der Waals surface area contributed by atoms with Gasteiger partial charge in [0.15, 0.2) is 5.25 Å². The molecule has 2 N–H and O–H groups in total. The zero-order chi connectivity index (χ0) is 11.5. The summed E-state index contributed by atoms with van der Waals surface area (Å²) in [6, 6.07) is 1.40. The normalized spacial score (nSPS) is 28.6. The van der Waals surface area contributed by atoms with Gasteiger partial charge in [0.05, 0.1) is 18.2 Å². The Kier molecular flexibility index (Phi) is 4.04. The molecule has 2 unspecified atom stereocenters. The van der Waals surface area contributed by atoms with Crippen molar-refractivity contribution >= 4 is 10.0 Å². The molecular formula is C8H15N3O3S. The molecular weight excluding hydrogens is 218 g/mol. The molecule has 6 nitrogen and oxygen atoms in total. The second-order valence-corrected chi connectivity index (χ2v) is 5.51. The minimum absolute atomic E-state index is 0.175. The molecule has 1 fully saturated rings. The van der Waals surface area contributed by atoms with E-state index in [1.807, 2.05) is 0 Å². The highest BCUT2D eigenvalue weighted by molar-refractivity contribution is 7.90. The number of sulfonamides is 1. The third kappa shape index (κ3) is 2.89. The zero-order valence-corrected chi connectivity index (χ0v) is 9.54. The van der Waals surface area contributed by atoms with Gasteiger partial charge in [0.1, 0.15) is 0 Å². The first-order chi connectivity index (χ1) is 7.01. The molecule has 0 aromatic heterocycles. The Labute approximate surface area is 89.7 Å². The molecule has 1 heterocycles. The Hall–Kier alpha value is -0.680. The molecule has 0 spiro atoms. The molecule has 0 bridgehead atoms. The number of hydrogen-bond acceptors (Lipinski definition) is 5. The van der Waals surface area contributed by atoms with E-state index in [4.69, 9.17) is 10.00 Å². The van der Waals surface area contributed by atoms with Gasteiger partial charge in [-0.05, 0) is 6.92 Å². The van der Waals surface area contributed by atoms with Gasteiger partial charge >= 0.3 is 0 Å². The van der Waals surface area contributed by atoms with Crippen LogP contribution in [0.25, 0.3) is 0 Å². The van der Waals surface area contributed by atoms with E-state index in [9.17, 15) is 8.42 Å². The molecule has 0 aromatic carbocycles. The van der Waals surface area contributed by atoms with Crippen LogP contribution >= 0.6 is 0 Å². The van der Waals surface area contributed by atoms with Crippen LogP contribution in [0.1, 0.15) is 6.92 Å². The molecule has 1 aliphatic rings. The summed E-state index contributed by atoms with van der Waals surface area (Å²) >= 11 is 0. The Morgan fingerprint density at radius 3 is 2.80 bits per heavy atom. The van der Waals surface area contributed by atoms with Crippen molar-refractivity contribution in [2.45, 2.75) is 24.3 Å². The number of nitrogens with zero attached hydrogens (tertiary/aromatic N) is 1. The molecule has 15 heavy (non-hydrogen) atoms. The van der Waals surface area contributed by atoms with Gasteiger partial charge in [-0.1, -0.05) is 0 Å². The maximum absolute atomic E-state index is 11.6. The highest BCUT2D eigenvalue weighted by atomic mass is 32.2. The number of nitriles is 1. The lowest BCUT2D eigenvalue weighted by Gasteiger charge is -2.19. The van der Waals surface area contributed by atoms with Crippen molar-refractivity contribution in [2.75, 3.05) is 20.2 Å². The Morgan fingerprint density at radius 2 is 2.27 bits per heavy atom. The lowest BCUT2D eigenvalue weighted by molar-refractivity contribution is 0.103.